The maximum atomic E-state index is 14.7. The van der Waals surface area contributed by atoms with Gasteiger partial charge in [-0.2, -0.15) is 0 Å². The lowest BCUT2D eigenvalue weighted by molar-refractivity contribution is -0.140. The molecule has 0 bridgehead atoms. The number of sulfonamides is 1. The van der Waals surface area contributed by atoms with E-state index in [9.17, 15) is 18.0 Å². The summed E-state index contributed by atoms with van der Waals surface area (Å²) in [5, 5.41) is 3.04. The zero-order chi connectivity index (χ0) is 34.2. The summed E-state index contributed by atoms with van der Waals surface area (Å²) in [7, 11) is -1.26. The highest BCUT2D eigenvalue weighted by atomic mass is 32.2. The van der Waals surface area contributed by atoms with Crippen LogP contribution in [-0.4, -0.2) is 57.5 Å². The summed E-state index contributed by atoms with van der Waals surface area (Å²) in [6, 6.07) is 28.8. The summed E-state index contributed by atoms with van der Waals surface area (Å²) in [6.07, 6.45) is 0.206. The molecule has 4 aromatic carbocycles. The number of aryl methyl sites for hydroxylation is 1. The minimum Gasteiger partial charge on any atom is -0.497 e. The normalized spacial score (nSPS) is 12.1. The molecule has 0 aliphatic rings. The van der Waals surface area contributed by atoms with Crippen LogP contribution in [0.2, 0.25) is 0 Å². The molecule has 0 aromatic heterocycles. The van der Waals surface area contributed by atoms with E-state index in [4.69, 9.17) is 9.47 Å². The third-order valence-electron chi connectivity index (χ3n) is 7.47. The zero-order valence-corrected chi connectivity index (χ0v) is 28.6. The number of carbonyl (C=O) groups is 2. The van der Waals surface area contributed by atoms with Gasteiger partial charge in [0, 0.05) is 18.5 Å². The van der Waals surface area contributed by atoms with E-state index in [0.29, 0.717) is 11.3 Å². The van der Waals surface area contributed by atoms with Gasteiger partial charge in [-0.25, -0.2) is 8.42 Å². The van der Waals surface area contributed by atoms with Crippen LogP contribution in [0.4, 0.5) is 5.69 Å². The highest BCUT2D eigenvalue weighted by molar-refractivity contribution is 7.92. The SMILES string of the molecule is COc1cccc(CN(C(=O)CN(c2cc(C)ccc2OC)S(=O)(=O)c2ccccc2)[C@@H](Cc2ccccc2)C(=O)NC(C)(C)C)c1. The molecular formula is C37H43N3O6S. The monoisotopic (exact) mass is 657 g/mol. The van der Waals surface area contributed by atoms with Gasteiger partial charge in [-0.15, -0.1) is 0 Å². The molecule has 4 rings (SSSR count). The average Bonchev–Trinajstić information content (AvgIpc) is 3.05. The number of amides is 2. The molecule has 1 N–H and O–H groups in total. The Morgan fingerprint density at radius 2 is 1.45 bits per heavy atom. The van der Waals surface area contributed by atoms with Crippen LogP contribution in [0.1, 0.15) is 37.5 Å². The van der Waals surface area contributed by atoms with Crippen molar-refractivity contribution >= 4 is 27.5 Å². The summed E-state index contributed by atoms with van der Waals surface area (Å²) < 4.78 is 40.7. The van der Waals surface area contributed by atoms with E-state index in [2.05, 4.69) is 5.32 Å². The molecular weight excluding hydrogens is 614 g/mol. The second-order valence-electron chi connectivity index (χ2n) is 12.3. The molecule has 47 heavy (non-hydrogen) atoms. The van der Waals surface area contributed by atoms with E-state index in [1.165, 1.54) is 24.1 Å². The van der Waals surface area contributed by atoms with Crippen molar-refractivity contribution in [3.63, 3.8) is 0 Å². The first kappa shape index (κ1) is 35.0. The van der Waals surface area contributed by atoms with Crippen molar-refractivity contribution in [1.29, 1.82) is 0 Å². The minimum absolute atomic E-state index is 0.0158. The van der Waals surface area contributed by atoms with Gasteiger partial charge in [0.15, 0.2) is 0 Å². The molecule has 10 heteroatoms. The van der Waals surface area contributed by atoms with Crippen molar-refractivity contribution in [2.45, 2.75) is 57.1 Å². The Balaban J connectivity index is 1.87. The van der Waals surface area contributed by atoms with Crippen molar-refractivity contribution in [3.8, 4) is 11.5 Å². The number of anilines is 1. The van der Waals surface area contributed by atoms with Gasteiger partial charge in [-0.1, -0.05) is 66.7 Å². The fourth-order valence-electron chi connectivity index (χ4n) is 5.20. The van der Waals surface area contributed by atoms with Crippen molar-refractivity contribution in [2.75, 3.05) is 25.1 Å². The van der Waals surface area contributed by atoms with E-state index in [0.717, 1.165) is 15.4 Å². The quantitative estimate of drug-likeness (QED) is 0.196. The van der Waals surface area contributed by atoms with E-state index >= 15 is 0 Å². The number of ether oxygens (including phenoxy) is 2. The van der Waals surface area contributed by atoms with Gasteiger partial charge in [0.1, 0.15) is 24.1 Å². The largest absolute Gasteiger partial charge is 0.497 e. The lowest BCUT2D eigenvalue weighted by Crippen LogP contribution is -2.56. The molecule has 1 atom stereocenters. The van der Waals surface area contributed by atoms with E-state index in [1.54, 1.807) is 55.6 Å². The number of carbonyl (C=O) groups excluding carboxylic acids is 2. The molecule has 0 saturated heterocycles. The van der Waals surface area contributed by atoms with Gasteiger partial charge < -0.3 is 19.7 Å². The van der Waals surface area contributed by atoms with Crippen LogP contribution in [0.25, 0.3) is 0 Å². The zero-order valence-electron chi connectivity index (χ0n) is 27.8. The Hall–Kier alpha value is -4.83. The first-order valence-electron chi connectivity index (χ1n) is 15.3. The topological polar surface area (TPSA) is 105 Å². The number of rotatable bonds is 13. The van der Waals surface area contributed by atoms with E-state index in [-0.39, 0.29) is 35.2 Å². The van der Waals surface area contributed by atoms with Gasteiger partial charge in [-0.3, -0.25) is 13.9 Å². The Morgan fingerprint density at radius 3 is 2.06 bits per heavy atom. The molecule has 9 nitrogen and oxygen atoms in total. The molecule has 0 saturated carbocycles. The van der Waals surface area contributed by atoms with Crippen molar-refractivity contribution in [1.82, 2.24) is 10.2 Å². The molecule has 0 aliphatic carbocycles. The molecule has 248 valence electrons. The van der Waals surface area contributed by atoms with Gasteiger partial charge in [0.25, 0.3) is 10.0 Å². The second-order valence-corrected chi connectivity index (χ2v) is 14.2. The fourth-order valence-corrected chi connectivity index (χ4v) is 6.64. The van der Waals surface area contributed by atoms with Crippen LogP contribution in [-0.2, 0) is 32.6 Å². The van der Waals surface area contributed by atoms with Crippen LogP contribution in [0.3, 0.4) is 0 Å². The van der Waals surface area contributed by atoms with Crippen molar-refractivity contribution in [3.05, 3.63) is 120 Å². The Bertz CT molecular complexity index is 1770. The number of nitrogens with one attached hydrogen (secondary N) is 1. The third kappa shape index (κ3) is 9.13. The van der Waals surface area contributed by atoms with Crippen molar-refractivity contribution in [2.24, 2.45) is 0 Å². The third-order valence-corrected chi connectivity index (χ3v) is 9.24. The molecule has 0 radical (unpaired) electrons. The number of methoxy groups -OCH3 is 2. The first-order valence-corrected chi connectivity index (χ1v) is 16.8. The van der Waals surface area contributed by atoms with Crippen LogP contribution in [0, 0.1) is 6.92 Å². The summed E-state index contributed by atoms with van der Waals surface area (Å²) in [5.41, 5.74) is 1.96. The van der Waals surface area contributed by atoms with Crippen LogP contribution < -0.4 is 19.1 Å². The molecule has 2 amide bonds. The lowest BCUT2D eigenvalue weighted by Gasteiger charge is -2.35. The fraction of sp³-hybridized carbons (Fsp3) is 0.297. The van der Waals surface area contributed by atoms with Gasteiger partial charge in [0.2, 0.25) is 11.8 Å². The smallest absolute Gasteiger partial charge is 0.264 e. The standard InChI is InChI=1S/C37H43N3O6S/c1-27-20-21-34(46-6)32(22-27)40(47(43,44)31-18-11-8-12-19-31)26-35(41)39(25-29-16-13-17-30(23-29)45-5)33(36(42)38-37(2,3)4)24-28-14-9-7-10-15-28/h7-23,33H,24-26H2,1-6H3,(H,38,42)/t33-/m0/s1. The number of nitrogens with zero attached hydrogens (tertiary/aromatic N) is 2. The van der Waals surface area contributed by atoms with Gasteiger partial charge in [-0.05, 0) is 80.8 Å². The Labute approximate surface area is 278 Å². The van der Waals surface area contributed by atoms with Crippen molar-refractivity contribution < 1.29 is 27.5 Å². The molecule has 4 aromatic rings. The number of benzene rings is 4. The Kier molecular flexibility index (Phi) is 11.3. The maximum Gasteiger partial charge on any atom is 0.264 e. The van der Waals surface area contributed by atoms with E-state index < -0.39 is 34.1 Å². The molecule has 0 fully saturated rings. The predicted octanol–water partition coefficient (Wildman–Crippen LogP) is 5.76. The maximum absolute atomic E-state index is 14.7. The summed E-state index contributed by atoms with van der Waals surface area (Å²) in [6.45, 7) is 6.88. The molecule has 0 spiro atoms. The van der Waals surface area contributed by atoms with Crippen LogP contribution in [0.5, 0.6) is 11.5 Å². The highest BCUT2D eigenvalue weighted by Crippen LogP contribution is 2.34. The molecule has 0 unspecified atom stereocenters. The molecule has 0 aliphatic heterocycles. The minimum atomic E-state index is -4.26. The summed E-state index contributed by atoms with van der Waals surface area (Å²) in [4.78, 5) is 30.3. The van der Waals surface area contributed by atoms with Crippen LogP contribution >= 0.6 is 0 Å². The number of hydrogen-bond acceptors (Lipinski definition) is 6. The molecule has 0 heterocycles. The lowest BCUT2D eigenvalue weighted by atomic mass is 10.0. The second kappa shape index (κ2) is 15.2. The van der Waals surface area contributed by atoms with Crippen LogP contribution in [0.15, 0.2) is 108 Å². The Morgan fingerprint density at radius 1 is 0.809 bits per heavy atom. The highest BCUT2D eigenvalue weighted by Gasteiger charge is 2.36. The first-order chi connectivity index (χ1) is 22.3. The number of hydrogen-bond donors (Lipinski definition) is 1. The van der Waals surface area contributed by atoms with E-state index in [1.807, 2.05) is 70.2 Å². The van der Waals surface area contributed by atoms with Gasteiger partial charge >= 0.3 is 0 Å². The average molecular weight is 658 g/mol. The summed E-state index contributed by atoms with van der Waals surface area (Å²) in [5.74, 6) is -0.0518. The van der Waals surface area contributed by atoms with Gasteiger partial charge in [0.05, 0.1) is 24.8 Å². The predicted molar refractivity (Wildman–Crippen MR) is 184 cm³/mol. The summed E-state index contributed by atoms with van der Waals surface area (Å²) >= 11 is 0.